The van der Waals surface area contributed by atoms with Crippen LogP contribution < -0.4 is 5.32 Å². The number of hydrogen-bond donors (Lipinski definition) is 1. The highest BCUT2D eigenvalue weighted by molar-refractivity contribution is 7.86. The van der Waals surface area contributed by atoms with Gasteiger partial charge in [-0.25, -0.2) is 4.79 Å². The van der Waals surface area contributed by atoms with Crippen molar-refractivity contribution in [2.45, 2.75) is 27.7 Å². The van der Waals surface area contributed by atoms with Crippen molar-refractivity contribution in [3.05, 3.63) is 28.8 Å². The van der Waals surface area contributed by atoms with E-state index in [-0.39, 0.29) is 39.3 Å². The fourth-order valence-electron chi connectivity index (χ4n) is 3.35. The Morgan fingerprint density at radius 3 is 2.17 bits per heavy atom. The van der Waals surface area contributed by atoms with E-state index in [1.807, 2.05) is 32.9 Å². The summed E-state index contributed by atoms with van der Waals surface area (Å²) in [5.41, 5.74) is 3.65. The molecule has 0 saturated carbocycles. The summed E-state index contributed by atoms with van der Waals surface area (Å²) < 4.78 is 32.8. The lowest BCUT2D eigenvalue weighted by Crippen LogP contribution is -2.54. The van der Waals surface area contributed by atoms with E-state index in [0.29, 0.717) is 5.69 Å². The fourth-order valence-corrected chi connectivity index (χ4v) is 4.65. The summed E-state index contributed by atoms with van der Waals surface area (Å²) in [6.07, 6.45) is -0.443. The molecular formula is C19H30N4O5S. The first-order valence-corrected chi connectivity index (χ1v) is 11.0. The molecule has 1 aliphatic rings. The minimum absolute atomic E-state index is 0.156. The van der Waals surface area contributed by atoms with E-state index >= 15 is 0 Å². The summed E-state index contributed by atoms with van der Waals surface area (Å²) in [4.78, 5) is 25.7. The van der Waals surface area contributed by atoms with Gasteiger partial charge in [0.1, 0.15) is 0 Å². The number of likely N-dealkylation sites (N-methyl/N-ethyl adjacent to an activating group) is 1. The van der Waals surface area contributed by atoms with Crippen LogP contribution in [0.4, 0.5) is 10.5 Å². The largest absolute Gasteiger partial charge is 0.450 e. The Morgan fingerprint density at radius 1 is 1.10 bits per heavy atom. The maximum absolute atomic E-state index is 12.8. The van der Waals surface area contributed by atoms with Gasteiger partial charge in [0, 0.05) is 38.9 Å². The van der Waals surface area contributed by atoms with Crippen molar-refractivity contribution < 1.29 is 22.7 Å². The third-order valence-electron chi connectivity index (χ3n) is 4.79. The lowest BCUT2D eigenvalue weighted by Gasteiger charge is -2.35. The molecule has 0 spiro atoms. The van der Waals surface area contributed by atoms with Crippen LogP contribution in [0.5, 0.6) is 0 Å². The van der Waals surface area contributed by atoms with Crippen molar-refractivity contribution in [1.29, 1.82) is 0 Å². The molecular weight excluding hydrogens is 396 g/mol. The van der Waals surface area contributed by atoms with Gasteiger partial charge in [0.25, 0.3) is 10.2 Å². The molecule has 0 bridgehead atoms. The fraction of sp³-hybridized carbons (Fsp3) is 0.579. The average Bonchev–Trinajstić information content (AvgIpc) is 2.65. The van der Waals surface area contributed by atoms with Gasteiger partial charge in [-0.15, -0.1) is 0 Å². The minimum atomic E-state index is -3.81. The quantitative estimate of drug-likeness (QED) is 0.743. The van der Waals surface area contributed by atoms with E-state index in [0.717, 1.165) is 21.0 Å². The highest BCUT2D eigenvalue weighted by Gasteiger charge is 2.33. The minimum Gasteiger partial charge on any atom is -0.450 e. The molecule has 2 rings (SSSR count). The normalized spacial score (nSPS) is 15.4. The first kappa shape index (κ1) is 23.1. The molecule has 1 fully saturated rings. The first-order valence-electron chi connectivity index (χ1n) is 9.57. The number of piperazine rings is 1. The van der Waals surface area contributed by atoms with E-state index in [4.69, 9.17) is 4.74 Å². The van der Waals surface area contributed by atoms with Crippen molar-refractivity contribution in [1.82, 2.24) is 13.5 Å². The van der Waals surface area contributed by atoms with Crippen molar-refractivity contribution in [3.63, 3.8) is 0 Å². The zero-order valence-electron chi connectivity index (χ0n) is 17.7. The van der Waals surface area contributed by atoms with E-state index in [1.165, 1.54) is 16.3 Å². The Balaban J connectivity index is 1.97. The predicted molar refractivity (Wildman–Crippen MR) is 111 cm³/mol. The lowest BCUT2D eigenvalue weighted by atomic mass is 10.1. The average molecular weight is 427 g/mol. The molecule has 2 amide bonds. The molecule has 1 heterocycles. The number of anilines is 1. The maximum Gasteiger partial charge on any atom is 0.409 e. The smallest absolute Gasteiger partial charge is 0.409 e. The van der Waals surface area contributed by atoms with E-state index in [2.05, 4.69) is 5.32 Å². The molecule has 1 saturated heterocycles. The zero-order valence-corrected chi connectivity index (χ0v) is 18.5. The highest BCUT2D eigenvalue weighted by atomic mass is 32.2. The molecule has 1 N–H and O–H groups in total. The van der Waals surface area contributed by atoms with Crippen molar-refractivity contribution >= 4 is 27.9 Å². The summed E-state index contributed by atoms with van der Waals surface area (Å²) in [6.45, 7) is 8.29. The van der Waals surface area contributed by atoms with Crippen LogP contribution in [0, 0.1) is 20.8 Å². The number of nitrogens with one attached hydrogen (secondary N) is 1. The summed E-state index contributed by atoms with van der Waals surface area (Å²) >= 11 is 0. The molecule has 0 aromatic heterocycles. The molecule has 0 atom stereocenters. The number of carbonyl (C=O) groups excluding carboxylic acids is 2. The molecule has 10 heteroatoms. The Morgan fingerprint density at radius 2 is 1.66 bits per heavy atom. The Bertz CT molecular complexity index is 840. The van der Waals surface area contributed by atoms with Crippen LogP contribution in [0.25, 0.3) is 0 Å². The molecule has 0 radical (unpaired) electrons. The van der Waals surface area contributed by atoms with Crippen LogP contribution in [0.1, 0.15) is 23.6 Å². The van der Waals surface area contributed by atoms with Gasteiger partial charge >= 0.3 is 6.09 Å². The van der Waals surface area contributed by atoms with Gasteiger partial charge in [-0.1, -0.05) is 17.7 Å². The first-order chi connectivity index (χ1) is 13.6. The third kappa shape index (κ3) is 5.68. The number of aryl methyl sites for hydroxylation is 3. The molecule has 1 aliphatic heterocycles. The number of hydrogen-bond acceptors (Lipinski definition) is 5. The Labute approximate surface area is 172 Å². The van der Waals surface area contributed by atoms with Gasteiger partial charge in [-0.05, 0) is 38.8 Å². The van der Waals surface area contributed by atoms with Gasteiger partial charge in [0.2, 0.25) is 5.91 Å². The molecule has 0 aliphatic carbocycles. The van der Waals surface area contributed by atoms with Crippen LogP contribution in [0.3, 0.4) is 0 Å². The SMILES string of the molecule is CCOC(=O)N1CCN(S(=O)(=O)N(C)CC(=O)Nc2c(C)cc(C)cc2C)CC1. The van der Waals surface area contributed by atoms with Crippen molar-refractivity contribution in [2.24, 2.45) is 0 Å². The monoisotopic (exact) mass is 426 g/mol. The standard InChI is InChI=1S/C19H30N4O5S/c1-6-28-19(25)22-7-9-23(10-8-22)29(26,27)21(5)13-17(24)20-18-15(3)11-14(2)12-16(18)4/h11-12H,6-10,13H2,1-5H3,(H,20,24). The number of nitrogens with zero attached hydrogens (tertiary/aromatic N) is 3. The number of benzene rings is 1. The van der Waals surface area contributed by atoms with Crippen LogP contribution in [0.2, 0.25) is 0 Å². The van der Waals surface area contributed by atoms with Gasteiger partial charge in [0.05, 0.1) is 13.2 Å². The Kier molecular flexibility index (Phi) is 7.61. The zero-order chi connectivity index (χ0) is 21.8. The van der Waals surface area contributed by atoms with Gasteiger partial charge in [0.15, 0.2) is 0 Å². The number of ether oxygens (including phenoxy) is 1. The van der Waals surface area contributed by atoms with Crippen molar-refractivity contribution in [3.8, 4) is 0 Å². The van der Waals surface area contributed by atoms with Crippen LogP contribution in [0.15, 0.2) is 12.1 Å². The lowest BCUT2D eigenvalue weighted by molar-refractivity contribution is -0.116. The highest BCUT2D eigenvalue weighted by Crippen LogP contribution is 2.22. The number of rotatable bonds is 6. The number of amides is 2. The molecule has 29 heavy (non-hydrogen) atoms. The van der Waals surface area contributed by atoms with E-state index in [1.54, 1.807) is 6.92 Å². The topological polar surface area (TPSA) is 99.3 Å². The second-order valence-corrected chi connectivity index (χ2v) is 9.21. The number of carbonyl (C=O) groups is 2. The molecule has 0 unspecified atom stereocenters. The molecule has 162 valence electrons. The maximum atomic E-state index is 12.8. The van der Waals surface area contributed by atoms with E-state index in [9.17, 15) is 18.0 Å². The molecule has 1 aromatic carbocycles. The van der Waals surface area contributed by atoms with E-state index < -0.39 is 22.2 Å². The molecule has 1 aromatic rings. The summed E-state index contributed by atoms with van der Waals surface area (Å²) in [5.74, 6) is -0.406. The predicted octanol–water partition coefficient (Wildman–Crippen LogP) is 1.50. The summed E-state index contributed by atoms with van der Waals surface area (Å²) in [5, 5.41) is 2.81. The van der Waals surface area contributed by atoms with Gasteiger partial charge in [-0.3, -0.25) is 4.79 Å². The second kappa shape index (κ2) is 9.55. The van der Waals surface area contributed by atoms with Gasteiger partial charge < -0.3 is 15.0 Å². The van der Waals surface area contributed by atoms with Crippen LogP contribution >= 0.6 is 0 Å². The van der Waals surface area contributed by atoms with Crippen LogP contribution in [-0.4, -0.2) is 80.3 Å². The van der Waals surface area contributed by atoms with Crippen LogP contribution in [-0.2, 0) is 19.7 Å². The third-order valence-corrected chi connectivity index (χ3v) is 6.73. The summed E-state index contributed by atoms with van der Waals surface area (Å²) in [6, 6.07) is 3.93. The Hall–Kier alpha value is -2.17. The second-order valence-electron chi connectivity index (χ2n) is 7.17. The van der Waals surface area contributed by atoms with Gasteiger partial charge in [-0.2, -0.15) is 17.0 Å². The molecule has 9 nitrogen and oxygen atoms in total. The summed E-state index contributed by atoms with van der Waals surface area (Å²) in [7, 11) is -2.43. The van der Waals surface area contributed by atoms with Crippen molar-refractivity contribution in [2.75, 3.05) is 51.7 Å².